The molecule has 1 aromatic rings. The highest BCUT2D eigenvalue weighted by molar-refractivity contribution is 5.93. The maximum atomic E-state index is 12.1. The minimum absolute atomic E-state index is 0.0190. The average Bonchev–Trinajstić information content (AvgIpc) is 2.37. The normalized spacial score (nSPS) is 21.4. The Morgan fingerprint density at radius 3 is 2.67 bits per heavy atom. The lowest BCUT2D eigenvalue weighted by atomic mass is 9.82. The van der Waals surface area contributed by atoms with Crippen LogP contribution in [0.5, 0.6) is 0 Å². The van der Waals surface area contributed by atoms with Gasteiger partial charge in [-0.15, -0.1) is 0 Å². The van der Waals surface area contributed by atoms with Crippen molar-refractivity contribution in [3.05, 3.63) is 29.8 Å². The molecule has 0 spiro atoms. The molecule has 1 amide bonds. The molecule has 1 aliphatic carbocycles. The van der Waals surface area contributed by atoms with Crippen molar-refractivity contribution in [2.75, 3.05) is 25.5 Å². The van der Waals surface area contributed by atoms with Gasteiger partial charge < -0.3 is 10.4 Å². The summed E-state index contributed by atoms with van der Waals surface area (Å²) < 4.78 is 0. The molecular weight excluding hydrogens is 264 g/mol. The van der Waals surface area contributed by atoms with Gasteiger partial charge in [0, 0.05) is 12.2 Å². The molecule has 4 nitrogen and oxygen atoms in total. The van der Waals surface area contributed by atoms with E-state index in [9.17, 15) is 9.90 Å². The number of nitrogens with one attached hydrogen (secondary N) is 1. The predicted octanol–water partition coefficient (Wildman–Crippen LogP) is 2.45. The Balaban J connectivity index is 1.84. The number of aliphatic hydroxyl groups is 1. The molecule has 0 aromatic heterocycles. The topological polar surface area (TPSA) is 52.6 Å². The van der Waals surface area contributed by atoms with E-state index in [2.05, 4.69) is 25.2 Å². The van der Waals surface area contributed by atoms with Crippen molar-refractivity contribution in [3.8, 4) is 0 Å². The molecule has 0 heterocycles. The highest BCUT2D eigenvalue weighted by atomic mass is 16.3. The molecular formula is C17H26N2O2. The standard InChI is InChI=1S/C17H26N2O2/c1-12(2)15-6-4-5-7-16(15)18-17(21)11-19(3)10-13-8-14(20)9-13/h4-7,12-14,20H,8-11H2,1-3H3,(H,18,21). The Labute approximate surface area is 127 Å². The summed E-state index contributed by atoms with van der Waals surface area (Å²) in [5, 5.41) is 12.3. The SMILES string of the molecule is CC(C)c1ccccc1NC(=O)CN(C)CC1CC(O)C1. The lowest BCUT2D eigenvalue weighted by molar-refractivity contribution is -0.117. The van der Waals surface area contributed by atoms with Crippen LogP contribution < -0.4 is 5.32 Å². The number of benzene rings is 1. The van der Waals surface area contributed by atoms with Gasteiger partial charge in [-0.2, -0.15) is 0 Å². The first kappa shape index (κ1) is 16.0. The third-order valence-corrected chi connectivity index (χ3v) is 4.05. The largest absolute Gasteiger partial charge is 0.393 e. The molecule has 116 valence electrons. The quantitative estimate of drug-likeness (QED) is 0.846. The van der Waals surface area contributed by atoms with Crippen LogP contribution in [0.15, 0.2) is 24.3 Å². The summed E-state index contributed by atoms with van der Waals surface area (Å²) in [4.78, 5) is 14.2. The van der Waals surface area contributed by atoms with Gasteiger partial charge in [0.25, 0.3) is 0 Å². The first-order chi connectivity index (χ1) is 9.95. The first-order valence-electron chi connectivity index (χ1n) is 7.71. The van der Waals surface area contributed by atoms with E-state index in [1.165, 1.54) is 0 Å². The Kier molecular flexibility index (Phi) is 5.37. The second-order valence-corrected chi connectivity index (χ2v) is 6.48. The Hall–Kier alpha value is -1.39. The van der Waals surface area contributed by atoms with E-state index < -0.39 is 0 Å². The summed E-state index contributed by atoms with van der Waals surface area (Å²) in [6, 6.07) is 7.95. The number of carbonyl (C=O) groups is 1. The van der Waals surface area contributed by atoms with E-state index >= 15 is 0 Å². The maximum Gasteiger partial charge on any atom is 0.238 e. The summed E-state index contributed by atoms with van der Waals surface area (Å²) in [6.07, 6.45) is 1.60. The van der Waals surface area contributed by atoms with Gasteiger partial charge in [0.15, 0.2) is 0 Å². The van der Waals surface area contributed by atoms with Gasteiger partial charge in [-0.05, 0) is 43.4 Å². The molecule has 1 aromatic carbocycles. The van der Waals surface area contributed by atoms with Gasteiger partial charge in [-0.1, -0.05) is 32.0 Å². The first-order valence-corrected chi connectivity index (χ1v) is 7.71. The number of likely N-dealkylation sites (N-methyl/N-ethyl adjacent to an activating group) is 1. The van der Waals surface area contributed by atoms with Crippen LogP contribution in [0.2, 0.25) is 0 Å². The fraction of sp³-hybridized carbons (Fsp3) is 0.588. The Morgan fingerprint density at radius 2 is 2.05 bits per heavy atom. The fourth-order valence-electron chi connectivity index (χ4n) is 2.90. The zero-order chi connectivity index (χ0) is 15.4. The Bertz CT molecular complexity index is 481. The van der Waals surface area contributed by atoms with Crippen molar-refractivity contribution >= 4 is 11.6 Å². The highest BCUT2D eigenvalue weighted by Gasteiger charge is 2.28. The molecule has 0 atom stereocenters. The lowest BCUT2D eigenvalue weighted by Gasteiger charge is -2.34. The van der Waals surface area contributed by atoms with E-state index in [-0.39, 0.29) is 12.0 Å². The molecule has 1 aliphatic rings. The van der Waals surface area contributed by atoms with Crippen LogP contribution in [0.3, 0.4) is 0 Å². The van der Waals surface area contributed by atoms with Crippen LogP contribution in [-0.4, -0.2) is 42.2 Å². The van der Waals surface area contributed by atoms with E-state index in [1.807, 2.05) is 30.1 Å². The summed E-state index contributed by atoms with van der Waals surface area (Å²) in [6.45, 7) is 5.51. The van der Waals surface area contributed by atoms with E-state index in [0.717, 1.165) is 30.6 Å². The number of para-hydroxylation sites is 1. The molecule has 0 radical (unpaired) electrons. The second kappa shape index (κ2) is 7.05. The van der Waals surface area contributed by atoms with Crippen LogP contribution >= 0.6 is 0 Å². The van der Waals surface area contributed by atoms with Crippen molar-refractivity contribution in [1.29, 1.82) is 0 Å². The monoisotopic (exact) mass is 290 g/mol. The fourth-order valence-corrected chi connectivity index (χ4v) is 2.90. The number of carbonyl (C=O) groups excluding carboxylic acids is 1. The zero-order valence-corrected chi connectivity index (χ0v) is 13.2. The highest BCUT2D eigenvalue weighted by Crippen LogP contribution is 2.27. The minimum Gasteiger partial charge on any atom is -0.393 e. The third kappa shape index (κ3) is 4.55. The molecule has 2 N–H and O–H groups in total. The van der Waals surface area contributed by atoms with Gasteiger partial charge in [-0.25, -0.2) is 0 Å². The number of rotatable bonds is 6. The van der Waals surface area contributed by atoms with Crippen molar-refractivity contribution in [1.82, 2.24) is 4.90 Å². The lowest BCUT2D eigenvalue weighted by Crippen LogP contribution is -2.40. The number of amides is 1. The van der Waals surface area contributed by atoms with Gasteiger partial charge in [0.1, 0.15) is 0 Å². The minimum atomic E-state index is -0.129. The van der Waals surface area contributed by atoms with Crippen LogP contribution in [-0.2, 0) is 4.79 Å². The Morgan fingerprint density at radius 1 is 1.38 bits per heavy atom. The van der Waals surface area contributed by atoms with Crippen LogP contribution in [0.1, 0.15) is 38.2 Å². The molecule has 4 heteroatoms. The molecule has 0 bridgehead atoms. The number of aliphatic hydroxyl groups excluding tert-OH is 1. The van der Waals surface area contributed by atoms with E-state index in [1.54, 1.807) is 0 Å². The number of nitrogens with zero attached hydrogens (tertiary/aromatic N) is 1. The summed E-state index contributed by atoms with van der Waals surface area (Å²) >= 11 is 0. The average molecular weight is 290 g/mol. The maximum absolute atomic E-state index is 12.1. The van der Waals surface area contributed by atoms with Crippen LogP contribution in [0.25, 0.3) is 0 Å². The van der Waals surface area contributed by atoms with Crippen molar-refractivity contribution in [2.45, 2.75) is 38.7 Å². The molecule has 0 aliphatic heterocycles. The van der Waals surface area contributed by atoms with Crippen LogP contribution in [0, 0.1) is 5.92 Å². The molecule has 2 rings (SSSR count). The van der Waals surface area contributed by atoms with Crippen molar-refractivity contribution in [3.63, 3.8) is 0 Å². The molecule has 21 heavy (non-hydrogen) atoms. The van der Waals surface area contributed by atoms with Crippen molar-refractivity contribution in [2.24, 2.45) is 5.92 Å². The second-order valence-electron chi connectivity index (χ2n) is 6.48. The van der Waals surface area contributed by atoms with Gasteiger partial charge in [0.05, 0.1) is 12.6 Å². The molecule has 0 unspecified atom stereocenters. The van der Waals surface area contributed by atoms with Gasteiger partial charge >= 0.3 is 0 Å². The number of hydrogen-bond donors (Lipinski definition) is 2. The van der Waals surface area contributed by atoms with Gasteiger partial charge in [-0.3, -0.25) is 9.69 Å². The third-order valence-electron chi connectivity index (χ3n) is 4.05. The molecule has 0 saturated heterocycles. The van der Waals surface area contributed by atoms with Crippen LogP contribution in [0.4, 0.5) is 5.69 Å². The predicted molar refractivity (Wildman–Crippen MR) is 85.4 cm³/mol. The van der Waals surface area contributed by atoms with E-state index in [4.69, 9.17) is 0 Å². The summed E-state index contributed by atoms with van der Waals surface area (Å²) in [5.74, 6) is 0.932. The molecule has 1 saturated carbocycles. The number of anilines is 1. The van der Waals surface area contributed by atoms with E-state index in [0.29, 0.717) is 18.4 Å². The smallest absolute Gasteiger partial charge is 0.238 e. The van der Waals surface area contributed by atoms with Crippen molar-refractivity contribution < 1.29 is 9.90 Å². The zero-order valence-electron chi connectivity index (χ0n) is 13.2. The summed E-state index contributed by atoms with van der Waals surface area (Å²) in [7, 11) is 1.96. The van der Waals surface area contributed by atoms with Gasteiger partial charge in [0.2, 0.25) is 5.91 Å². The summed E-state index contributed by atoms with van der Waals surface area (Å²) in [5.41, 5.74) is 2.07. The molecule has 1 fully saturated rings. The number of hydrogen-bond acceptors (Lipinski definition) is 3.